The van der Waals surface area contributed by atoms with E-state index in [0.717, 1.165) is 19.4 Å². The van der Waals surface area contributed by atoms with E-state index in [2.05, 4.69) is 46.4 Å². The van der Waals surface area contributed by atoms with E-state index in [1.807, 2.05) is 0 Å². The third-order valence-corrected chi connectivity index (χ3v) is 4.83. The van der Waals surface area contributed by atoms with Crippen molar-refractivity contribution in [3.63, 3.8) is 0 Å². The standard InChI is InChI=1S/C18H36N2O2/c1-7-9-11-20-16(3,4)13-18(19,14-17(20,5)6)15(21)22-12-10-8-2/h7-14,19H2,1-6H3. The largest absolute Gasteiger partial charge is 0.464 e. The number of nitrogens with two attached hydrogens (primary N) is 1. The second-order valence-corrected chi connectivity index (χ2v) is 8.13. The first-order valence-electron chi connectivity index (χ1n) is 8.83. The van der Waals surface area contributed by atoms with Crippen molar-refractivity contribution < 1.29 is 9.53 Å². The summed E-state index contributed by atoms with van der Waals surface area (Å²) >= 11 is 0. The number of hydrogen-bond acceptors (Lipinski definition) is 4. The van der Waals surface area contributed by atoms with Crippen molar-refractivity contribution in [1.82, 2.24) is 4.90 Å². The van der Waals surface area contributed by atoms with Crippen LogP contribution in [0.5, 0.6) is 0 Å². The molecule has 2 N–H and O–H groups in total. The Bertz CT molecular complexity index is 359. The molecule has 22 heavy (non-hydrogen) atoms. The van der Waals surface area contributed by atoms with Crippen molar-refractivity contribution in [2.24, 2.45) is 5.73 Å². The van der Waals surface area contributed by atoms with E-state index < -0.39 is 5.54 Å². The molecule has 0 aromatic carbocycles. The van der Waals surface area contributed by atoms with E-state index in [9.17, 15) is 4.79 Å². The zero-order valence-corrected chi connectivity index (χ0v) is 15.5. The van der Waals surface area contributed by atoms with Gasteiger partial charge in [-0.3, -0.25) is 9.69 Å². The predicted molar refractivity (Wildman–Crippen MR) is 91.8 cm³/mol. The number of carbonyl (C=O) groups is 1. The maximum Gasteiger partial charge on any atom is 0.326 e. The molecule has 1 rings (SSSR count). The van der Waals surface area contributed by atoms with Gasteiger partial charge in [0.25, 0.3) is 0 Å². The lowest BCUT2D eigenvalue weighted by molar-refractivity contribution is -0.160. The van der Waals surface area contributed by atoms with Crippen molar-refractivity contribution in [3.05, 3.63) is 0 Å². The molecule has 0 aromatic heterocycles. The Morgan fingerprint density at radius 1 is 1.05 bits per heavy atom. The van der Waals surface area contributed by atoms with Gasteiger partial charge in [0.05, 0.1) is 6.61 Å². The monoisotopic (exact) mass is 312 g/mol. The lowest BCUT2D eigenvalue weighted by Crippen LogP contribution is -2.70. The number of esters is 1. The molecular weight excluding hydrogens is 276 g/mol. The highest BCUT2D eigenvalue weighted by Gasteiger charge is 2.54. The lowest BCUT2D eigenvalue weighted by atomic mass is 9.69. The Morgan fingerprint density at radius 2 is 1.55 bits per heavy atom. The summed E-state index contributed by atoms with van der Waals surface area (Å²) in [4.78, 5) is 15.0. The van der Waals surface area contributed by atoms with Gasteiger partial charge < -0.3 is 10.5 Å². The molecule has 0 spiro atoms. The Balaban J connectivity index is 2.88. The van der Waals surface area contributed by atoms with Gasteiger partial charge in [0.15, 0.2) is 0 Å². The van der Waals surface area contributed by atoms with Crippen LogP contribution in [0.4, 0.5) is 0 Å². The fourth-order valence-corrected chi connectivity index (χ4v) is 4.14. The number of hydrogen-bond donors (Lipinski definition) is 1. The highest BCUT2D eigenvalue weighted by molar-refractivity contribution is 5.81. The number of piperidine rings is 1. The first-order chi connectivity index (χ1) is 10.1. The van der Waals surface area contributed by atoms with Gasteiger partial charge in [-0.1, -0.05) is 26.7 Å². The van der Waals surface area contributed by atoms with Gasteiger partial charge in [-0.15, -0.1) is 0 Å². The molecule has 1 heterocycles. The van der Waals surface area contributed by atoms with Gasteiger partial charge in [-0.25, -0.2) is 0 Å². The summed E-state index contributed by atoms with van der Waals surface area (Å²) in [7, 11) is 0. The van der Waals surface area contributed by atoms with Gasteiger partial charge in [0.1, 0.15) is 5.54 Å². The van der Waals surface area contributed by atoms with E-state index in [1.165, 1.54) is 12.8 Å². The Kier molecular flexibility index (Phi) is 6.46. The van der Waals surface area contributed by atoms with Crippen LogP contribution in [-0.4, -0.2) is 40.6 Å². The smallest absolute Gasteiger partial charge is 0.326 e. The van der Waals surface area contributed by atoms with Crippen molar-refractivity contribution in [2.75, 3.05) is 13.2 Å². The molecule has 1 aliphatic rings. The van der Waals surface area contributed by atoms with Gasteiger partial charge in [0.2, 0.25) is 0 Å². The molecular formula is C18H36N2O2. The van der Waals surface area contributed by atoms with Crippen LogP contribution in [0.15, 0.2) is 0 Å². The van der Waals surface area contributed by atoms with Crippen molar-refractivity contribution >= 4 is 5.97 Å². The number of nitrogens with zero attached hydrogens (tertiary/aromatic N) is 1. The zero-order chi connectivity index (χ0) is 17.0. The highest BCUT2D eigenvalue weighted by Crippen LogP contribution is 2.43. The summed E-state index contributed by atoms with van der Waals surface area (Å²) in [6.45, 7) is 14.6. The molecule has 4 nitrogen and oxygen atoms in total. The molecule has 0 aromatic rings. The first-order valence-corrected chi connectivity index (χ1v) is 8.83. The predicted octanol–water partition coefficient (Wildman–Crippen LogP) is 3.48. The summed E-state index contributed by atoms with van der Waals surface area (Å²) in [6, 6.07) is 0. The molecule has 0 aliphatic carbocycles. The summed E-state index contributed by atoms with van der Waals surface area (Å²) in [6.07, 6.45) is 5.57. The van der Waals surface area contributed by atoms with Crippen LogP contribution in [0.25, 0.3) is 0 Å². The third-order valence-electron chi connectivity index (χ3n) is 4.83. The number of carbonyl (C=O) groups excluding carboxylic acids is 1. The van der Waals surface area contributed by atoms with Crippen LogP contribution in [0, 0.1) is 0 Å². The molecule has 0 saturated carbocycles. The second-order valence-electron chi connectivity index (χ2n) is 8.13. The van der Waals surface area contributed by atoms with E-state index in [0.29, 0.717) is 19.4 Å². The van der Waals surface area contributed by atoms with E-state index in [1.54, 1.807) is 0 Å². The average Bonchev–Trinajstić information content (AvgIpc) is 2.36. The Hall–Kier alpha value is -0.610. The average molecular weight is 312 g/mol. The van der Waals surface area contributed by atoms with Crippen LogP contribution in [-0.2, 0) is 9.53 Å². The van der Waals surface area contributed by atoms with Crippen LogP contribution < -0.4 is 5.73 Å². The van der Waals surface area contributed by atoms with Crippen LogP contribution >= 0.6 is 0 Å². The van der Waals surface area contributed by atoms with Crippen LogP contribution in [0.3, 0.4) is 0 Å². The summed E-state index contributed by atoms with van der Waals surface area (Å²) in [5.74, 6) is -0.225. The molecule has 130 valence electrons. The van der Waals surface area contributed by atoms with Gasteiger partial charge in [0, 0.05) is 11.1 Å². The molecule has 0 unspecified atom stereocenters. The SMILES string of the molecule is CCCCOC(=O)C1(N)CC(C)(C)N(CCCC)C(C)(C)C1. The molecule has 0 amide bonds. The molecule has 1 aliphatic heterocycles. The molecule has 0 radical (unpaired) electrons. The molecule has 1 saturated heterocycles. The molecule has 1 fully saturated rings. The zero-order valence-electron chi connectivity index (χ0n) is 15.5. The summed E-state index contributed by atoms with van der Waals surface area (Å²) < 4.78 is 5.45. The normalized spacial score (nSPS) is 23.2. The van der Waals surface area contributed by atoms with Gasteiger partial charge in [-0.2, -0.15) is 0 Å². The molecule has 0 bridgehead atoms. The molecule has 0 atom stereocenters. The van der Waals surface area contributed by atoms with Gasteiger partial charge >= 0.3 is 5.97 Å². The van der Waals surface area contributed by atoms with E-state index in [-0.39, 0.29) is 17.0 Å². The fourth-order valence-electron chi connectivity index (χ4n) is 4.14. The van der Waals surface area contributed by atoms with Gasteiger partial charge in [-0.05, 0) is 59.9 Å². The number of likely N-dealkylation sites (tertiary alicyclic amines) is 1. The van der Waals surface area contributed by atoms with Crippen LogP contribution in [0.2, 0.25) is 0 Å². The fraction of sp³-hybridized carbons (Fsp3) is 0.944. The second kappa shape index (κ2) is 7.31. The van der Waals surface area contributed by atoms with Crippen molar-refractivity contribution in [2.45, 2.75) is 96.7 Å². The number of rotatable bonds is 7. The number of unbranched alkanes of at least 4 members (excludes halogenated alkanes) is 2. The topological polar surface area (TPSA) is 55.6 Å². The lowest BCUT2D eigenvalue weighted by Gasteiger charge is -2.57. The van der Waals surface area contributed by atoms with Crippen molar-refractivity contribution in [1.29, 1.82) is 0 Å². The number of ether oxygens (including phenoxy) is 1. The minimum atomic E-state index is -0.872. The Morgan fingerprint density at radius 3 is 2.00 bits per heavy atom. The quantitative estimate of drug-likeness (QED) is 0.577. The highest BCUT2D eigenvalue weighted by atomic mass is 16.5. The van der Waals surface area contributed by atoms with E-state index in [4.69, 9.17) is 10.5 Å². The summed E-state index contributed by atoms with van der Waals surface area (Å²) in [5, 5.41) is 0. The first kappa shape index (κ1) is 19.4. The third kappa shape index (κ3) is 4.45. The minimum absolute atomic E-state index is 0.102. The minimum Gasteiger partial charge on any atom is -0.464 e. The maximum atomic E-state index is 12.5. The van der Waals surface area contributed by atoms with E-state index >= 15 is 0 Å². The van der Waals surface area contributed by atoms with Crippen molar-refractivity contribution in [3.8, 4) is 0 Å². The maximum absolute atomic E-state index is 12.5. The Labute approximate surface area is 136 Å². The molecule has 4 heteroatoms. The summed E-state index contributed by atoms with van der Waals surface area (Å²) in [5.41, 5.74) is 5.45. The van der Waals surface area contributed by atoms with Crippen LogP contribution in [0.1, 0.15) is 80.1 Å².